The van der Waals surface area contributed by atoms with Crippen LogP contribution in [0.4, 0.5) is 8.78 Å². The van der Waals surface area contributed by atoms with E-state index < -0.39 is 30.4 Å². The van der Waals surface area contributed by atoms with Crippen molar-refractivity contribution in [1.82, 2.24) is 0 Å². The molecule has 1 saturated heterocycles. The average Bonchev–Trinajstić information content (AvgIpc) is 2.92. The lowest BCUT2D eigenvalue weighted by Crippen LogP contribution is -2.59. The number of aldehydes is 1. The fourth-order valence-electron chi connectivity index (χ4n) is 4.37. The van der Waals surface area contributed by atoms with Gasteiger partial charge in [-0.05, 0) is 18.8 Å². The van der Waals surface area contributed by atoms with E-state index in [2.05, 4.69) is 0 Å². The first-order valence-electron chi connectivity index (χ1n) is 6.17. The standard InChI is InChI=1S/C12H10F2O5/c13-12(14,3-15)10(17)19-8-7-6-5(9(16)18-7)1-4-2-11(4,6)8/h3-8H,1-2H2. The molecule has 4 aliphatic rings. The van der Waals surface area contributed by atoms with Crippen LogP contribution in [0.25, 0.3) is 0 Å². The minimum atomic E-state index is -4.13. The predicted molar refractivity (Wildman–Crippen MR) is 52.9 cm³/mol. The first-order valence-corrected chi connectivity index (χ1v) is 6.17. The number of rotatable bonds is 3. The minimum absolute atomic E-state index is 0.00709. The number of carbonyl (C=O) groups excluding carboxylic acids is 3. The molecule has 6 atom stereocenters. The molecule has 0 aromatic carbocycles. The van der Waals surface area contributed by atoms with Crippen molar-refractivity contribution in [2.45, 2.75) is 31.0 Å². The second kappa shape index (κ2) is 2.96. The van der Waals surface area contributed by atoms with E-state index in [1.807, 2.05) is 0 Å². The van der Waals surface area contributed by atoms with Crippen LogP contribution in [0.15, 0.2) is 0 Å². The van der Waals surface area contributed by atoms with Crippen molar-refractivity contribution in [3.8, 4) is 0 Å². The van der Waals surface area contributed by atoms with E-state index in [1.54, 1.807) is 0 Å². The lowest BCUT2D eigenvalue weighted by atomic mass is 9.64. The summed E-state index contributed by atoms with van der Waals surface area (Å²) in [6.07, 6.45) is -0.663. The molecule has 1 spiro atoms. The topological polar surface area (TPSA) is 69.7 Å². The van der Waals surface area contributed by atoms with Crippen molar-refractivity contribution in [3.63, 3.8) is 0 Å². The molecule has 1 aliphatic heterocycles. The van der Waals surface area contributed by atoms with E-state index in [0.29, 0.717) is 6.42 Å². The van der Waals surface area contributed by atoms with E-state index in [1.165, 1.54) is 0 Å². The highest BCUT2D eigenvalue weighted by Gasteiger charge is 2.86. The average molecular weight is 272 g/mol. The molecular weight excluding hydrogens is 262 g/mol. The zero-order chi connectivity index (χ0) is 13.6. The summed E-state index contributed by atoms with van der Waals surface area (Å²) in [6.45, 7) is 0. The molecule has 0 N–H and O–H groups in total. The van der Waals surface area contributed by atoms with Crippen molar-refractivity contribution in [2.24, 2.45) is 23.2 Å². The van der Waals surface area contributed by atoms with Crippen molar-refractivity contribution < 1.29 is 32.6 Å². The van der Waals surface area contributed by atoms with Crippen LogP contribution >= 0.6 is 0 Å². The molecule has 19 heavy (non-hydrogen) atoms. The largest absolute Gasteiger partial charge is 0.458 e. The normalized spacial score (nSPS) is 48.7. The summed E-state index contributed by atoms with van der Waals surface area (Å²) >= 11 is 0. The smallest absolute Gasteiger partial charge is 0.396 e. The lowest BCUT2D eigenvalue weighted by Gasteiger charge is -2.46. The van der Waals surface area contributed by atoms with Crippen LogP contribution in [-0.2, 0) is 23.9 Å². The SMILES string of the molecule is O=CC(F)(F)C(=O)OC1C2OC(=O)C3CC4CC41C32. The van der Waals surface area contributed by atoms with Gasteiger partial charge >= 0.3 is 17.9 Å². The third kappa shape index (κ3) is 1.08. The minimum Gasteiger partial charge on any atom is -0.458 e. The molecule has 7 heteroatoms. The summed E-state index contributed by atoms with van der Waals surface area (Å²) in [5.41, 5.74) is -0.337. The van der Waals surface area contributed by atoms with Gasteiger partial charge in [-0.3, -0.25) is 9.59 Å². The summed E-state index contributed by atoms with van der Waals surface area (Å²) in [6, 6.07) is 0. The molecule has 5 nitrogen and oxygen atoms in total. The first kappa shape index (κ1) is 11.3. The van der Waals surface area contributed by atoms with Gasteiger partial charge in [-0.15, -0.1) is 0 Å². The van der Waals surface area contributed by atoms with E-state index in [-0.39, 0.29) is 29.1 Å². The molecule has 3 saturated carbocycles. The summed E-state index contributed by atoms with van der Waals surface area (Å²) < 4.78 is 35.7. The Kier molecular flexibility index (Phi) is 1.76. The van der Waals surface area contributed by atoms with Crippen LogP contribution < -0.4 is 0 Å². The van der Waals surface area contributed by atoms with Crippen molar-refractivity contribution in [3.05, 3.63) is 0 Å². The fraction of sp³-hybridized carbons (Fsp3) is 0.750. The molecule has 102 valence electrons. The summed E-state index contributed by atoms with van der Waals surface area (Å²) in [5.74, 6) is -6.20. The van der Waals surface area contributed by atoms with Gasteiger partial charge in [-0.25, -0.2) is 4.79 Å². The highest BCUT2D eigenvalue weighted by atomic mass is 19.3. The van der Waals surface area contributed by atoms with Crippen LogP contribution in [0.3, 0.4) is 0 Å². The number of halogens is 2. The van der Waals surface area contributed by atoms with E-state index in [4.69, 9.17) is 9.47 Å². The molecule has 3 aliphatic carbocycles. The second-order valence-corrected chi connectivity index (χ2v) is 5.85. The molecule has 4 rings (SSSR count). The van der Waals surface area contributed by atoms with Gasteiger partial charge in [0.25, 0.3) is 0 Å². The zero-order valence-corrected chi connectivity index (χ0v) is 9.68. The molecule has 0 bridgehead atoms. The predicted octanol–water partition coefficient (Wildman–Crippen LogP) is 0.314. The molecule has 0 amide bonds. The zero-order valence-electron chi connectivity index (χ0n) is 9.68. The molecule has 0 aromatic heterocycles. The number of alkyl halides is 2. The molecule has 1 heterocycles. The number of hydrogen-bond acceptors (Lipinski definition) is 5. The van der Waals surface area contributed by atoms with Crippen molar-refractivity contribution >= 4 is 18.2 Å². The Labute approximate surface area is 106 Å². The molecular formula is C12H10F2O5. The first-order chi connectivity index (χ1) is 8.91. The third-order valence-electron chi connectivity index (χ3n) is 5.18. The van der Waals surface area contributed by atoms with E-state index >= 15 is 0 Å². The maximum Gasteiger partial charge on any atom is 0.396 e. The van der Waals surface area contributed by atoms with Gasteiger partial charge in [0.05, 0.1) is 5.92 Å². The van der Waals surface area contributed by atoms with Crippen LogP contribution in [-0.4, -0.2) is 36.4 Å². The Morgan fingerprint density at radius 3 is 2.95 bits per heavy atom. The Hall–Kier alpha value is -1.53. The van der Waals surface area contributed by atoms with Gasteiger partial charge in [0.1, 0.15) is 12.2 Å². The Morgan fingerprint density at radius 2 is 2.26 bits per heavy atom. The van der Waals surface area contributed by atoms with Gasteiger partial charge in [-0.1, -0.05) is 0 Å². The number of ether oxygens (including phenoxy) is 2. The molecule has 6 unspecified atom stereocenters. The van der Waals surface area contributed by atoms with Crippen LogP contribution in [0, 0.1) is 23.2 Å². The third-order valence-corrected chi connectivity index (χ3v) is 5.18. The highest BCUT2D eigenvalue weighted by molar-refractivity contribution is 5.94. The maximum absolute atomic E-state index is 12.9. The number of esters is 2. The summed E-state index contributed by atoms with van der Waals surface area (Å²) in [7, 11) is 0. The monoisotopic (exact) mass is 272 g/mol. The van der Waals surface area contributed by atoms with Gasteiger partial charge < -0.3 is 9.47 Å². The molecule has 0 aromatic rings. The number of hydrogen-bond donors (Lipinski definition) is 0. The maximum atomic E-state index is 12.9. The molecule has 0 radical (unpaired) electrons. The van der Waals surface area contributed by atoms with Crippen LogP contribution in [0.2, 0.25) is 0 Å². The van der Waals surface area contributed by atoms with Crippen molar-refractivity contribution in [2.75, 3.05) is 0 Å². The van der Waals surface area contributed by atoms with Gasteiger partial charge in [0.15, 0.2) is 0 Å². The molecule has 4 fully saturated rings. The quantitative estimate of drug-likeness (QED) is 0.420. The Bertz CT molecular complexity index is 518. The summed E-state index contributed by atoms with van der Waals surface area (Å²) in [5, 5.41) is 0. The van der Waals surface area contributed by atoms with Crippen LogP contribution in [0.1, 0.15) is 12.8 Å². The Balaban J connectivity index is 1.57. The van der Waals surface area contributed by atoms with E-state index in [9.17, 15) is 23.2 Å². The van der Waals surface area contributed by atoms with Gasteiger partial charge in [0, 0.05) is 11.3 Å². The fourth-order valence-corrected chi connectivity index (χ4v) is 4.37. The van der Waals surface area contributed by atoms with Gasteiger partial charge in [0.2, 0.25) is 6.29 Å². The number of carbonyl (C=O) groups is 3. The summed E-state index contributed by atoms with van der Waals surface area (Å²) in [4.78, 5) is 33.0. The lowest BCUT2D eigenvalue weighted by molar-refractivity contribution is -0.213. The highest BCUT2D eigenvalue weighted by Crippen LogP contribution is 2.80. The van der Waals surface area contributed by atoms with E-state index in [0.717, 1.165) is 6.42 Å². The van der Waals surface area contributed by atoms with Crippen LogP contribution in [0.5, 0.6) is 0 Å². The Morgan fingerprint density at radius 1 is 1.53 bits per heavy atom. The van der Waals surface area contributed by atoms with Crippen molar-refractivity contribution in [1.29, 1.82) is 0 Å². The second-order valence-electron chi connectivity index (χ2n) is 5.85. The van der Waals surface area contributed by atoms with Gasteiger partial charge in [-0.2, -0.15) is 8.78 Å².